The molecule has 0 aliphatic rings. The van der Waals surface area contributed by atoms with E-state index in [-0.39, 0.29) is 31.2 Å². The molecule has 0 N–H and O–H groups in total. The molecule has 0 amide bonds. The maximum absolute atomic E-state index is 11.4. The molecular formula is C15H20O5. The van der Waals surface area contributed by atoms with Crippen LogP contribution in [0.5, 0.6) is 5.75 Å². The van der Waals surface area contributed by atoms with Gasteiger partial charge in [0.15, 0.2) is 5.78 Å². The molecule has 0 aromatic heterocycles. The Balaban J connectivity index is 2.00. The summed E-state index contributed by atoms with van der Waals surface area (Å²) in [7, 11) is 0. The molecule has 0 aliphatic carbocycles. The molecule has 110 valence electrons. The van der Waals surface area contributed by atoms with Crippen LogP contribution >= 0.6 is 0 Å². The lowest BCUT2D eigenvalue weighted by atomic mass is 10.2. The number of Topliss-reactive ketones (excluding diaryl/α,β-unsaturated/α-hetero) is 1. The lowest BCUT2D eigenvalue weighted by molar-refractivity contribution is -0.144. The third-order valence-electron chi connectivity index (χ3n) is 2.42. The molecule has 5 nitrogen and oxygen atoms in total. The number of ketones is 1. The van der Waals surface area contributed by atoms with Gasteiger partial charge in [-0.25, -0.2) is 0 Å². The van der Waals surface area contributed by atoms with Crippen LogP contribution in [0.15, 0.2) is 30.3 Å². The van der Waals surface area contributed by atoms with Gasteiger partial charge in [0, 0.05) is 6.42 Å². The van der Waals surface area contributed by atoms with Gasteiger partial charge in [0.1, 0.15) is 19.0 Å². The molecule has 1 aromatic carbocycles. The first kappa shape index (κ1) is 16.2. The molecular weight excluding hydrogens is 260 g/mol. The zero-order valence-electron chi connectivity index (χ0n) is 11.7. The zero-order valence-corrected chi connectivity index (χ0v) is 11.7. The first-order valence-electron chi connectivity index (χ1n) is 6.65. The minimum absolute atomic E-state index is 0.00243. The van der Waals surface area contributed by atoms with Gasteiger partial charge in [0.2, 0.25) is 0 Å². The maximum atomic E-state index is 11.4. The Hall–Kier alpha value is -1.88. The fourth-order valence-corrected chi connectivity index (χ4v) is 1.47. The molecule has 20 heavy (non-hydrogen) atoms. The molecule has 0 aliphatic heterocycles. The lowest BCUT2D eigenvalue weighted by Gasteiger charge is -2.06. The smallest absolute Gasteiger partial charge is 0.306 e. The van der Waals surface area contributed by atoms with Crippen LogP contribution in [0.25, 0.3) is 0 Å². The highest BCUT2D eigenvalue weighted by Gasteiger charge is 2.07. The van der Waals surface area contributed by atoms with E-state index in [1.165, 1.54) is 0 Å². The normalized spacial score (nSPS) is 10.1. The van der Waals surface area contributed by atoms with Crippen molar-refractivity contribution in [3.05, 3.63) is 30.3 Å². The van der Waals surface area contributed by atoms with E-state index < -0.39 is 0 Å². The van der Waals surface area contributed by atoms with Crippen LogP contribution < -0.4 is 4.74 Å². The molecule has 1 rings (SSSR count). The second kappa shape index (κ2) is 9.97. The molecule has 0 spiro atoms. The van der Waals surface area contributed by atoms with Crippen molar-refractivity contribution in [3.8, 4) is 5.75 Å². The largest absolute Gasteiger partial charge is 0.491 e. The highest BCUT2D eigenvalue weighted by Crippen LogP contribution is 2.07. The van der Waals surface area contributed by atoms with Gasteiger partial charge < -0.3 is 14.2 Å². The van der Waals surface area contributed by atoms with E-state index in [9.17, 15) is 9.59 Å². The first-order valence-corrected chi connectivity index (χ1v) is 6.65. The molecule has 5 heteroatoms. The third kappa shape index (κ3) is 7.53. The molecule has 0 saturated carbocycles. The summed E-state index contributed by atoms with van der Waals surface area (Å²) >= 11 is 0. The van der Waals surface area contributed by atoms with Gasteiger partial charge in [0.25, 0.3) is 0 Å². The summed E-state index contributed by atoms with van der Waals surface area (Å²) in [6.45, 7) is 2.78. The van der Waals surface area contributed by atoms with Crippen molar-refractivity contribution in [1.82, 2.24) is 0 Å². The topological polar surface area (TPSA) is 61.8 Å². The fourth-order valence-electron chi connectivity index (χ4n) is 1.47. The molecule has 0 unspecified atom stereocenters. The quantitative estimate of drug-likeness (QED) is 0.484. The number of rotatable bonds is 10. The standard InChI is InChI=1S/C15H20O5/c1-2-19-15(17)9-8-13(16)12-18-10-11-20-14-6-4-3-5-7-14/h3-7H,2,8-12H2,1H3. The minimum Gasteiger partial charge on any atom is -0.491 e. The molecule has 1 aromatic rings. The van der Waals surface area contributed by atoms with Crippen LogP contribution in [0.1, 0.15) is 19.8 Å². The summed E-state index contributed by atoms with van der Waals surface area (Å²) in [4.78, 5) is 22.5. The zero-order chi connectivity index (χ0) is 14.6. The number of hydrogen-bond acceptors (Lipinski definition) is 5. The Morgan fingerprint density at radius 1 is 1.05 bits per heavy atom. The van der Waals surface area contributed by atoms with Crippen molar-refractivity contribution in [1.29, 1.82) is 0 Å². The number of benzene rings is 1. The average Bonchev–Trinajstić information content (AvgIpc) is 2.46. The van der Waals surface area contributed by atoms with Crippen LogP contribution in [0, 0.1) is 0 Å². The second-order valence-electron chi connectivity index (χ2n) is 4.06. The lowest BCUT2D eigenvalue weighted by Crippen LogP contribution is -2.15. The highest BCUT2D eigenvalue weighted by molar-refractivity contribution is 5.83. The number of carbonyl (C=O) groups excluding carboxylic acids is 2. The molecule has 0 bridgehead atoms. The van der Waals surface area contributed by atoms with Crippen molar-refractivity contribution >= 4 is 11.8 Å². The van der Waals surface area contributed by atoms with Gasteiger partial charge in [-0.15, -0.1) is 0 Å². The van der Waals surface area contributed by atoms with Crippen LogP contribution in [-0.4, -0.2) is 38.2 Å². The van der Waals surface area contributed by atoms with Gasteiger partial charge in [0.05, 0.1) is 19.6 Å². The van der Waals surface area contributed by atoms with Gasteiger partial charge in [-0.3, -0.25) is 9.59 Å². The molecule has 0 radical (unpaired) electrons. The number of hydrogen-bond donors (Lipinski definition) is 0. The Labute approximate surface area is 118 Å². The summed E-state index contributed by atoms with van der Waals surface area (Å²) in [5, 5.41) is 0. The Morgan fingerprint density at radius 3 is 2.50 bits per heavy atom. The van der Waals surface area contributed by atoms with Crippen molar-refractivity contribution in [2.45, 2.75) is 19.8 Å². The number of para-hydroxylation sites is 1. The van der Waals surface area contributed by atoms with Crippen molar-refractivity contribution in [2.24, 2.45) is 0 Å². The molecule has 0 atom stereocenters. The summed E-state index contributed by atoms with van der Waals surface area (Å²) in [6, 6.07) is 9.38. The number of ether oxygens (including phenoxy) is 3. The van der Waals surface area contributed by atoms with Gasteiger partial charge in [-0.05, 0) is 19.1 Å². The van der Waals surface area contributed by atoms with E-state index in [1.807, 2.05) is 30.3 Å². The summed E-state index contributed by atoms with van der Waals surface area (Å²) in [6.07, 6.45) is 0.259. The highest BCUT2D eigenvalue weighted by atomic mass is 16.5. The Kier molecular flexibility index (Phi) is 8.07. The monoisotopic (exact) mass is 280 g/mol. The predicted octanol–water partition coefficient (Wildman–Crippen LogP) is 1.99. The second-order valence-corrected chi connectivity index (χ2v) is 4.06. The molecule has 0 saturated heterocycles. The molecule has 0 heterocycles. The number of carbonyl (C=O) groups is 2. The third-order valence-corrected chi connectivity index (χ3v) is 2.42. The van der Waals surface area contributed by atoms with Gasteiger partial charge in [-0.1, -0.05) is 18.2 Å². The van der Waals surface area contributed by atoms with E-state index in [0.717, 1.165) is 5.75 Å². The van der Waals surface area contributed by atoms with Crippen molar-refractivity contribution in [2.75, 3.05) is 26.4 Å². The van der Waals surface area contributed by atoms with E-state index in [1.54, 1.807) is 6.92 Å². The number of esters is 1. The van der Waals surface area contributed by atoms with Crippen LogP contribution in [0.2, 0.25) is 0 Å². The average molecular weight is 280 g/mol. The Bertz CT molecular complexity index is 402. The van der Waals surface area contributed by atoms with Crippen LogP contribution in [0.4, 0.5) is 0 Å². The Morgan fingerprint density at radius 2 is 1.80 bits per heavy atom. The van der Waals surface area contributed by atoms with Gasteiger partial charge in [-0.2, -0.15) is 0 Å². The minimum atomic E-state index is -0.353. The van der Waals surface area contributed by atoms with E-state index >= 15 is 0 Å². The SMILES string of the molecule is CCOC(=O)CCC(=O)COCCOc1ccccc1. The first-order chi connectivity index (χ1) is 9.72. The van der Waals surface area contributed by atoms with E-state index in [4.69, 9.17) is 14.2 Å². The summed E-state index contributed by atoms with van der Waals surface area (Å²) in [5.41, 5.74) is 0. The van der Waals surface area contributed by atoms with E-state index in [2.05, 4.69) is 0 Å². The van der Waals surface area contributed by atoms with Gasteiger partial charge >= 0.3 is 5.97 Å². The fraction of sp³-hybridized carbons (Fsp3) is 0.467. The molecule has 0 fully saturated rings. The maximum Gasteiger partial charge on any atom is 0.306 e. The van der Waals surface area contributed by atoms with Crippen molar-refractivity contribution in [3.63, 3.8) is 0 Å². The summed E-state index contributed by atoms with van der Waals surface area (Å²) in [5.74, 6) is 0.302. The van der Waals surface area contributed by atoms with Crippen LogP contribution in [-0.2, 0) is 19.1 Å². The summed E-state index contributed by atoms with van der Waals surface area (Å²) < 4.78 is 15.3. The van der Waals surface area contributed by atoms with Crippen LogP contribution in [0.3, 0.4) is 0 Å². The van der Waals surface area contributed by atoms with E-state index in [0.29, 0.717) is 19.8 Å². The van der Waals surface area contributed by atoms with Crippen molar-refractivity contribution < 1.29 is 23.8 Å². The predicted molar refractivity (Wildman–Crippen MR) is 73.6 cm³/mol.